The highest BCUT2D eigenvalue weighted by Crippen LogP contribution is 2.35. The Hall–Kier alpha value is -3.57. The van der Waals surface area contributed by atoms with Crippen molar-refractivity contribution in [2.24, 2.45) is 0 Å². The maximum absolute atomic E-state index is 13.2. The van der Waals surface area contributed by atoms with Gasteiger partial charge in [0.2, 0.25) is 9.84 Å². The van der Waals surface area contributed by atoms with E-state index in [1.807, 2.05) is 37.3 Å². The van der Waals surface area contributed by atoms with Gasteiger partial charge in [0.1, 0.15) is 5.03 Å². The lowest BCUT2D eigenvalue weighted by Crippen LogP contribution is -2.02. The van der Waals surface area contributed by atoms with Crippen LogP contribution in [0.5, 0.6) is 0 Å². The van der Waals surface area contributed by atoms with Crippen LogP contribution in [0.2, 0.25) is 0 Å². The first-order valence-corrected chi connectivity index (χ1v) is 11.3. The summed E-state index contributed by atoms with van der Waals surface area (Å²) < 4.78 is 28.4. The molecule has 1 N–H and O–H groups in total. The van der Waals surface area contributed by atoms with E-state index in [0.717, 1.165) is 32.8 Å². The molecule has 0 aliphatic rings. The Morgan fingerprint density at radius 1 is 0.800 bits per heavy atom. The topological polar surface area (TPSA) is 54.3 Å². The van der Waals surface area contributed by atoms with Gasteiger partial charge in [-0.05, 0) is 36.6 Å². The second-order valence-electron chi connectivity index (χ2n) is 7.73. The molecular formula is C25H18N2O2S. The molecule has 6 rings (SSSR count). The molecule has 3 aromatic heterocycles. The minimum Gasteiger partial charge on any atom is -0.345 e. The fourth-order valence-electron chi connectivity index (χ4n) is 4.29. The molecule has 0 unspecified atom stereocenters. The molecule has 0 aliphatic heterocycles. The second kappa shape index (κ2) is 5.97. The standard InChI is InChI=1S/C25H18N2O2S/c1-16-6-9-19(10-7-16)30(28,29)23-14-18-8-11-21-22(24(18)26-23)15-27-13-12-17-4-2-3-5-20(17)25(21)27/h2-15,26H,1H3. The van der Waals surface area contributed by atoms with E-state index in [2.05, 4.69) is 46.0 Å². The first-order valence-electron chi connectivity index (χ1n) is 9.78. The normalized spacial score (nSPS) is 12.4. The number of nitrogens with zero attached hydrogens (tertiary/aromatic N) is 1. The average molecular weight is 410 g/mol. The number of hydrogen-bond acceptors (Lipinski definition) is 2. The highest BCUT2D eigenvalue weighted by atomic mass is 32.2. The Balaban J connectivity index is 1.64. The number of sulfone groups is 1. The Morgan fingerprint density at radius 3 is 2.43 bits per heavy atom. The van der Waals surface area contributed by atoms with E-state index < -0.39 is 9.84 Å². The molecule has 0 amide bonds. The smallest absolute Gasteiger partial charge is 0.221 e. The van der Waals surface area contributed by atoms with Gasteiger partial charge < -0.3 is 9.38 Å². The number of fused-ring (bicyclic) bond motifs is 7. The minimum atomic E-state index is -3.61. The maximum atomic E-state index is 13.2. The van der Waals surface area contributed by atoms with Crippen molar-refractivity contribution < 1.29 is 8.42 Å². The largest absolute Gasteiger partial charge is 0.345 e. The monoisotopic (exact) mass is 410 g/mol. The lowest BCUT2D eigenvalue weighted by Gasteiger charge is -2.02. The molecule has 3 aromatic carbocycles. The molecule has 0 saturated carbocycles. The Kier molecular flexibility index (Phi) is 3.44. The number of benzene rings is 3. The van der Waals surface area contributed by atoms with Crippen LogP contribution in [0.1, 0.15) is 5.56 Å². The van der Waals surface area contributed by atoms with Crippen molar-refractivity contribution in [3.8, 4) is 0 Å². The fourth-order valence-corrected chi connectivity index (χ4v) is 5.56. The summed E-state index contributed by atoms with van der Waals surface area (Å²) in [4.78, 5) is 3.49. The van der Waals surface area contributed by atoms with Crippen LogP contribution in [0.25, 0.3) is 38.0 Å². The number of H-pyrrole nitrogens is 1. The van der Waals surface area contributed by atoms with Gasteiger partial charge in [0, 0.05) is 33.9 Å². The first kappa shape index (κ1) is 17.3. The molecule has 0 saturated heterocycles. The maximum Gasteiger partial charge on any atom is 0.221 e. The third-order valence-corrected chi connectivity index (χ3v) is 7.54. The van der Waals surface area contributed by atoms with E-state index in [4.69, 9.17) is 0 Å². The van der Waals surface area contributed by atoms with Crippen molar-refractivity contribution in [3.05, 3.63) is 90.8 Å². The first-order chi connectivity index (χ1) is 14.5. The predicted octanol–water partition coefficient (Wildman–Crippen LogP) is 5.87. The van der Waals surface area contributed by atoms with Crippen LogP contribution in [0, 0.1) is 6.92 Å². The molecule has 0 aliphatic carbocycles. The van der Waals surface area contributed by atoms with E-state index >= 15 is 0 Å². The fraction of sp³-hybridized carbons (Fsp3) is 0.0400. The van der Waals surface area contributed by atoms with Crippen LogP contribution in [0.3, 0.4) is 0 Å². The van der Waals surface area contributed by atoms with Crippen LogP contribution < -0.4 is 0 Å². The third kappa shape index (κ3) is 2.36. The zero-order valence-electron chi connectivity index (χ0n) is 16.3. The molecule has 0 spiro atoms. The molecule has 30 heavy (non-hydrogen) atoms. The molecule has 6 aromatic rings. The molecule has 0 bridgehead atoms. The van der Waals surface area contributed by atoms with Crippen molar-refractivity contribution >= 4 is 47.8 Å². The van der Waals surface area contributed by atoms with Gasteiger partial charge >= 0.3 is 0 Å². The quantitative estimate of drug-likeness (QED) is 0.388. The summed E-state index contributed by atoms with van der Waals surface area (Å²) in [5, 5.41) is 5.56. The van der Waals surface area contributed by atoms with Crippen molar-refractivity contribution in [1.82, 2.24) is 9.38 Å². The number of aryl methyl sites for hydroxylation is 1. The van der Waals surface area contributed by atoms with Gasteiger partial charge in [-0.3, -0.25) is 0 Å². The summed E-state index contributed by atoms with van der Waals surface area (Å²) in [6.45, 7) is 1.94. The predicted molar refractivity (Wildman–Crippen MR) is 121 cm³/mol. The van der Waals surface area contributed by atoms with E-state index in [1.54, 1.807) is 18.2 Å². The molecule has 4 nitrogen and oxygen atoms in total. The van der Waals surface area contributed by atoms with Gasteiger partial charge in [0.15, 0.2) is 0 Å². The van der Waals surface area contributed by atoms with Gasteiger partial charge in [-0.2, -0.15) is 0 Å². The molecule has 146 valence electrons. The van der Waals surface area contributed by atoms with E-state index in [-0.39, 0.29) is 5.03 Å². The lowest BCUT2D eigenvalue weighted by atomic mass is 10.1. The van der Waals surface area contributed by atoms with Crippen molar-refractivity contribution in [1.29, 1.82) is 0 Å². The highest BCUT2D eigenvalue weighted by molar-refractivity contribution is 7.91. The lowest BCUT2D eigenvalue weighted by molar-refractivity contribution is 0.593. The van der Waals surface area contributed by atoms with Gasteiger partial charge in [-0.15, -0.1) is 0 Å². The molecule has 0 radical (unpaired) electrons. The van der Waals surface area contributed by atoms with Crippen LogP contribution in [0.4, 0.5) is 0 Å². The van der Waals surface area contributed by atoms with Gasteiger partial charge in [-0.1, -0.05) is 54.1 Å². The van der Waals surface area contributed by atoms with Crippen LogP contribution >= 0.6 is 0 Å². The summed E-state index contributed by atoms with van der Waals surface area (Å²) in [6, 6.07) is 23.2. The Bertz CT molecular complexity index is 1710. The molecule has 3 heterocycles. The Labute approximate surface area is 173 Å². The molecule has 0 atom stereocenters. The van der Waals surface area contributed by atoms with Gasteiger partial charge in [0.05, 0.1) is 15.9 Å². The SMILES string of the molecule is Cc1ccc(S(=O)(=O)c2cc3ccc4c(cn5ccc6ccccc6c45)c3[nH]2)cc1. The Morgan fingerprint density at radius 2 is 1.60 bits per heavy atom. The zero-order chi connectivity index (χ0) is 20.5. The molecular weight excluding hydrogens is 392 g/mol. The van der Waals surface area contributed by atoms with E-state index in [9.17, 15) is 8.42 Å². The van der Waals surface area contributed by atoms with Crippen LogP contribution in [-0.4, -0.2) is 17.8 Å². The van der Waals surface area contributed by atoms with Crippen LogP contribution in [-0.2, 0) is 9.84 Å². The summed E-state index contributed by atoms with van der Waals surface area (Å²) in [5.41, 5.74) is 2.99. The zero-order valence-corrected chi connectivity index (χ0v) is 17.1. The highest BCUT2D eigenvalue weighted by Gasteiger charge is 2.21. The number of nitrogens with one attached hydrogen (secondary N) is 1. The summed E-state index contributed by atoms with van der Waals surface area (Å²) in [6.07, 6.45) is 4.12. The molecule has 5 heteroatoms. The summed E-state index contributed by atoms with van der Waals surface area (Å²) in [7, 11) is -3.61. The van der Waals surface area contributed by atoms with Gasteiger partial charge in [0.25, 0.3) is 0 Å². The molecule has 0 fully saturated rings. The number of hydrogen-bond donors (Lipinski definition) is 1. The van der Waals surface area contributed by atoms with E-state index in [0.29, 0.717) is 4.90 Å². The number of pyridine rings is 1. The third-order valence-electron chi connectivity index (χ3n) is 5.85. The number of rotatable bonds is 2. The number of aromatic nitrogens is 2. The van der Waals surface area contributed by atoms with E-state index in [1.165, 1.54) is 10.8 Å². The second-order valence-corrected chi connectivity index (χ2v) is 9.65. The van der Waals surface area contributed by atoms with Crippen LogP contribution in [0.15, 0.2) is 95.1 Å². The van der Waals surface area contributed by atoms with Crippen molar-refractivity contribution in [3.63, 3.8) is 0 Å². The van der Waals surface area contributed by atoms with Gasteiger partial charge in [-0.25, -0.2) is 8.42 Å². The summed E-state index contributed by atoms with van der Waals surface area (Å²) in [5.74, 6) is 0. The minimum absolute atomic E-state index is 0.217. The number of aromatic amines is 1. The van der Waals surface area contributed by atoms with Crippen molar-refractivity contribution in [2.75, 3.05) is 0 Å². The van der Waals surface area contributed by atoms with Crippen molar-refractivity contribution in [2.45, 2.75) is 16.8 Å². The summed E-state index contributed by atoms with van der Waals surface area (Å²) >= 11 is 0. The average Bonchev–Trinajstić information content (AvgIpc) is 3.36.